The van der Waals surface area contributed by atoms with Crippen LogP contribution >= 0.6 is 11.6 Å². The Morgan fingerprint density at radius 1 is 0.739 bits per heavy atom. The summed E-state index contributed by atoms with van der Waals surface area (Å²) in [7, 11) is 0. The lowest BCUT2D eigenvalue weighted by molar-refractivity contribution is -0.150. The highest BCUT2D eigenvalue weighted by molar-refractivity contribution is 6.28. The Labute approximate surface area is 131 Å². The number of nitrogens with one attached hydrogen (secondary N) is 2. The van der Waals surface area contributed by atoms with Crippen molar-refractivity contribution in [2.24, 2.45) is 0 Å². The second-order valence-corrected chi connectivity index (χ2v) is 4.10. The SMILES string of the molecule is O=C(O)C(Nc1nc(Cl)nc(NC(C(=O)O)C(=O)O)n1)C(=O)O. The number of halogens is 1. The van der Waals surface area contributed by atoms with Gasteiger partial charge in [0.15, 0.2) is 0 Å². The summed E-state index contributed by atoms with van der Waals surface area (Å²) in [6, 6.07) is -4.23. The van der Waals surface area contributed by atoms with Gasteiger partial charge >= 0.3 is 23.9 Å². The zero-order valence-corrected chi connectivity index (χ0v) is 11.6. The van der Waals surface area contributed by atoms with Gasteiger partial charge in [0.2, 0.25) is 29.3 Å². The fourth-order valence-electron chi connectivity index (χ4n) is 1.20. The Bertz CT molecular complexity index is 587. The van der Waals surface area contributed by atoms with Crippen molar-refractivity contribution in [3.8, 4) is 0 Å². The topological polar surface area (TPSA) is 212 Å². The van der Waals surface area contributed by atoms with Crippen LogP contribution in [0.15, 0.2) is 0 Å². The molecule has 0 unspecified atom stereocenters. The third kappa shape index (κ3) is 4.92. The second kappa shape index (κ2) is 7.17. The lowest BCUT2D eigenvalue weighted by atomic mass is 10.3. The van der Waals surface area contributed by atoms with E-state index in [1.165, 1.54) is 0 Å². The summed E-state index contributed by atoms with van der Waals surface area (Å²) in [5.74, 6) is -8.24. The maximum Gasteiger partial charge on any atom is 0.338 e. The van der Waals surface area contributed by atoms with Gasteiger partial charge in [-0.15, -0.1) is 0 Å². The number of anilines is 2. The van der Waals surface area contributed by atoms with Crippen LogP contribution in [0.25, 0.3) is 0 Å². The molecule has 1 aromatic heterocycles. The summed E-state index contributed by atoms with van der Waals surface area (Å²) in [5, 5.41) is 38.1. The molecule has 14 heteroatoms. The van der Waals surface area contributed by atoms with Crippen LogP contribution in [0, 0.1) is 0 Å². The van der Waals surface area contributed by atoms with E-state index in [2.05, 4.69) is 15.0 Å². The Kier molecular flexibility index (Phi) is 5.56. The monoisotopic (exact) mass is 349 g/mol. The van der Waals surface area contributed by atoms with E-state index < -0.39 is 53.1 Å². The summed E-state index contributed by atoms with van der Waals surface area (Å²) in [6.07, 6.45) is 0. The second-order valence-electron chi connectivity index (χ2n) is 3.76. The van der Waals surface area contributed by atoms with Crippen molar-refractivity contribution in [2.75, 3.05) is 10.6 Å². The van der Waals surface area contributed by atoms with E-state index in [9.17, 15) is 19.2 Å². The Morgan fingerprint density at radius 3 is 1.30 bits per heavy atom. The lowest BCUT2D eigenvalue weighted by Gasteiger charge is -2.13. The van der Waals surface area contributed by atoms with Gasteiger partial charge in [0.25, 0.3) is 0 Å². The van der Waals surface area contributed by atoms with Gasteiger partial charge in [0.1, 0.15) is 0 Å². The number of aliphatic carboxylic acids is 4. The molecule has 124 valence electrons. The molecule has 6 N–H and O–H groups in total. The molecular weight excluding hydrogens is 342 g/mol. The quantitative estimate of drug-likeness (QED) is 0.293. The van der Waals surface area contributed by atoms with E-state index >= 15 is 0 Å². The zero-order valence-electron chi connectivity index (χ0n) is 10.8. The molecule has 0 aliphatic heterocycles. The first kappa shape index (κ1) is 17.8. The number of hydrogen-bond acceptors (Lipinski definition) is 9. The van der Waals surface area contributed by atoms with Crippen LogP contribution in [0.5, 0.6) is 0 Å². The van der Waals surface area contributed by atoms with Crippen molar-refractivity contribution in [3.05, 3.63) is 5.28 Å². The smallest absolute Gasteiger partial charge is 0.338 e. The van der Waals surface area contributed by atoms with Crippen LogP contribution in [0.4, 0.5) is 11.9 Å². The van der Waals surface area contributed by atoms with Crippen LogP contribution in [-0.4, -0.2) is 71.3 Å². The van der Waals surface area contributed by atoms with Crippen molar-refractivity contribution >= 4 is 47.4 Å². The normalized spacial score (nSPS) is 10.4. The number of rotatable bonds is 8. The minimum absolute atomic E-state index is 0.561. The molecule has 0 saturated carbocycles. The van der Waals surface area contributed by atoms with Gasteiger partial charge < -0.3 is 31.1 Å². The number of hydrogen-bond donors (Lipinski definition) is 6. The summed E-state index contributed by atoms with van der Waals surface area (Å²) < 4.78 is 0. The van der Waals surface area contributed by atoms with Crippen LogP contribution < -0.4 is 10.6 Å². The molecule has 0 aliphatic rings. The van der Waals surface area contributed by atoms with Gasteiger partial charge in [-0.05, 0) is 11.6 Å². The lowest BCUT2D eigenvalue weighted by Crippen LogP contribution is -2.39. The highest BCUT2D eigenvalue weighted by Crippen LogP contribution is 2.12. The van der Waals surface area contributed by atoms with Gasteiger partial charge in [0.05, 0.1) is 0 Å². The first-order valence-electron chi connectivity index (χ1n) is 5.47. The fourth-order valence-corrected chi connectivity index (χ4v) is 1.36. The largest absolute Gasteiger partial charge is 0.479 e. The molecule has 0 aliphatic carbocycles. The maximum absolute atomic E-state index is 10.8. The van der Waals surface area contributed by atoms with Crippen LogP contribution in [0.2, 0.25) is 5.28 Å². The Hall–Kier alpha value is -3.22. The molecule has 0 amide bonds. The summed E-state index contributed by atoms with van der Waals surface area (Å²) >= 11 is 5.50. The van der Waals surface area contributed by atoms with Gasteiger partial charge in [-0.2, -0.15) is 15.0 Å². The van der Waals surface area contributed by atoms with Crippen molar-refractivity contribution < 1.29 is 39.6 Å². The molecule has 1 aromatic rings. The summed E-state index contributed by atoms with van der Waals surface area (Å²) in [6.45, 7) is 0. The predicted molar refractivity (Wildman–Crippen MR) is 70.2 cm³/mol. The third-order valence-electron chi connectivity index (χ3n) is 2.14. The minimum atomic E-state index is -2.11. The van der Waals surface area contributed by atoms with Crippen molar-refractivity contribution in [3.63, 3.8) is 0 Å². The first-order valence-corrected chi connectivity index (χ1v) is 5.85. The minimum Gasteiger partial charge on any atom is -0.479 e. The molecule has 0 saturated heterocycles. The number of nitrogens with zero attached hydrogens (tertiary/aromatic N) is 3. The maximum atomic E-state index is 10.8. The van der Waals surface area contributed by atoms with E-state index in [0.29, 0.717) is 0 Å². The van der Waals surface area contributed by atoms with Crippen molar-refractivity contribution in [2.45, 2.75) is 12.1 Å². The number of carboxylic acids is 4. The van der Waals surface area contributed by atoms with Gasteiger partial charge in [-0.25, -0.2) is 19.2 Å². The molecule has 1 rings (SSSR count). The molecule has 0 radical (unpaired) electrons. The van der Waals surface area contributed by atoms with E-state index in [0.717, 1.165) is 0 Å². The highest BCUT2D eigenvalue weighted by atomic mass is 35.5. The van der Waals surface area contributed by atoms with Gasteiger partial charge in [0, 0.05) is 0 Å². The highest BCUT2D eigenvalue weighted by Gasteiger charge is 2.29. The number of aromatic nitrogens is 3. The van der Waals surface area contributed by atoms with E-state index in [1.54, 1.807) is 0 Å². The third-order valence-corrected chi connectivity index (χ3v) is 2.31. The summed E-state index contributed by atoms with van der Waals surface area (Å²) in [5.41, 5.74) is 0. The van der Waals surface area contributed by atoms with Crippen LogP contribution in [0.1, 0.15) is 0 Å². The average Bonchev–Trinajstić information content (AvgIpc) is 2.40. The van der Waals surface area contributed by atoms with E-state index in [4.69, 9.17) is 32.0 Å². The van der Waals surface area contributed by atoms with E-state index in [1.807, 2.05) is 10.6 Å². The van der Waals surface area contributed by atoms with Gasteiger partial charge in [-0.1, -0.05) is 0 Å². The van der Waals surface area contributed by atoms with E-state index in [-0.39, 0.29) is 0 Å². The molecule has 0 bridgehead atoms. The van der Waals surface area contributed by atoms with Gasteiger partial charge in [-0.3, -0.25) is 0 Å². The average molecular weight is 350 g/mol. The molecule has 0 fully saturated rings. The molecule has 1 heterocycles. The predicted octanol–water partition coefficient (Wildman–Crippen LogP) is -1.58. The zero-order chi connectivity index (χ0) is 17.7. The molecule has 23 heavy (non-hydrogen) atoms. The number of carboxylic acid groups (broad SMARTS) is 4. The first-order chi connectivity index (χ1) is 10.6. The Morgan fingerprint density at radius 2 is 1.04 bits per heavy atom. The molecule has 0 spiro atoms. The number of carbonyl (C=O) groups is 4. The molecule has 0 atom stereocenters. The van der Waals surface area contributed by atoms with Crippen LogP contribution in [0.3, 0.4) is 0 Å². The Balaban J connectivity index is 3.08. The molecular formula is C9H8ClN5O8. The van der Waals surface area contributed by atoms with Crippen LogP contribution in [-0.2, 0) is 19.2 Å². The van der Waals surface area contributed by atoms with Crippen molar-refractivity contribution in [1.82, 2.24) is 15.0 Å². The molecule has 0 aromatic carbocycles. The molecule has 13 nitrogen and oxygen atoms in total. The summed E-state index contributed by atoms with van der Waals surface area (Å²) in [4.78, 5) is 53.3. The fraction of sp³-hybridized carbons (Fsp3) is 0.222. The van der Waals surface area contributed by atoms with Crippen molar-refractivity contribution in [1.29, 1.82) is 0 Å². The standard InChI is InChI=1S/C9H8ClN5O8/c10-7-13-8(11-1(3(16)17)4(18)19)15-9(14-7)12-2(5(20)21)6(22)23/h1-2H,(H,16,17)(H,18,19)(H,20,21)(H,22,23)(H2,11,12,13,14,15).